The van der Waals surface area contributed by atoms with Crippen molar-refractivity contribution in [3.63, 3.8) is 0 Å². The number of rotatable bonds is 1. The van der Waals surface area contributed by atoms with E-state index in [2.05, 4.69) is 0 Å². The van der Waals surface area contributed by atoms with Crippen molar-refractivity contribution in [3.05, 3.63) is 29.6 Å². The molecule has 0 atom stereocenters. The maximum absolute atomic E-state index is 12.5. The molecule has 0 N–H and O–H groups in total. The molecule has 0 aromatic heterocycles. The third-order valence-electron chi connectivity index (χ3n) is 1.43. The molecule has 3 heteroatoms. The second-order valence-electron chi connectivity index (χ2n) is 2.08. The smallest absolute Gasteiger partial charge is 0.870 e. The van der Waals surface area contributed by atoms with E-state index in [0.29, 0.717) is 12.0 Å². The summed E-state index contributed by atoms with van der Waals surface area (Å²) in [6.45, 7) is 1.83. The average molecular weight is 162 g/mol. The molecule has 0 saturated carbocycles. The van der Waals surface area contributed by atoms with Crippen LogP contribution in [0, 0.1) is 5.82 Å². The third kappa shape index (κ3) is 2.47. The molecule has 0 radical (unpaired) electrons. The van der Waals surface area contributed by atoms with E-state index in [-0.39, 0.29) is 29.6 Å². The Balaban J connectivity index is 0.000001000. The summed E-state index contributed by atoms with van der Waals surface area (Å²) < 4.78 is 12.5. The Kier molecular flexibility index (Phi) is 4.73. The Morgan fingerprint density at radius 3 is 2.55 bits per heavy atom. The number of hydrogen-bond acceptors (Lipinski definition) is 1. The molecule has 0 saturated heterocycles. The normalized spacial score (nSPS) is 8.91. The molecule has 0 spiro atoms. The van der Waals surface area contributed by atoms with E-state index in [0.717, 1.165) is 0 Å². The van der Waals surface area contributed by atoms with Gasteiger partial charge in [-0.25, -0.2) is 4.39 Å². The zero-order valence-electron chi connectivity index (χ0n) is 6.73. The average Bonchev–Trinajstić information content (AvgIpc) is 1.95. The van der Waals surface area contributed by atoms with Gasteiger partial charge in [0, 0.05) is 0 Å². The second-order valence-corrected chi connectivity index (χ2v) is 2.08. The van der Waals surface area contributed by atoms with E-state index >= 15 is 0 Å². The van der Waals surface area contributed by atoms with Crippen molar-refractivity contribution in [2.45, 2.75) is 13.3 Å². The van der Waals surface area contributed by atoms with Gasteiger partial charge in [0.1, 0.15) is 5.82 Å². The van der Waals surface area contributed by atoms with Crippen LogP contribution in [0.4, 0.5) is 4.39 Å². The molecule has 1 aromatic rings. The summed E-state index contributed by atoms with van der Waals surface area (Å²) in [5.74, 6) is -1.12. The van der Waals surface area contributed by atoms with Crippen molar-refractivity contribution in [3.8, 4) is 5.75 Å². The number of hydrogen-bond donors (Lipinski definition) is 0. The van der Waals surface area contributed by atoms with Crippen LogP contribution >= 0.6 is 0 Å². The Hall–Kier alpha value is -0.0500. The maximum atomic E-state index is 12.5. The van der Waals surface area contributed by atoms with E-state index < -0.39 is 11.6 Å². The minimum Gasteiger partial charge on any atom is -0.870 e. The fraction of sp³-hybridized carbons (Fsp3) is 0.250. The summed E-state index contributed by atoms with van der Waals surface area (Å²) in [7, 11) is 0. The molecule has 1 nitrogen and oxygen atoms in total. The maximum Gasteiger partial charge on any atom is 1.00 e. The van der Waals surface area contributed by atoms with Crippen LogP contribution in [0.2, 0.25) is 0 Å². The molecule has 0 fully saturated rings. The van der Waals surface area contributed by atoms with Gasteiger partial charge in [-0.1, -0.05) is 30.4 Å². The minimum atomic E-state index is -0.653. The molecule has 1 aromatic carbocycles. The van der Waals surface area contributed by atoms with Crippen LogP contribution in [0.25, 0.3) is 0 Å². The van der Waals surface area contributed by atoms with E-state index in [4.69, 9.17) is 0 Å². The van der Waals surface area contributed by atoms with Crippen LogP contribution in [0.5, 0.6) is 5.75 Å². The molecular formula is C8H8FNaO. The van der Waals surface area contributed by atoms with Gasteiger partial charge in [-0.15, -0.1) is 0 Å². The Morgan fingerprint density at radius 1 is 1.45 bits per heavy atom. The van der Waals surface area contributed by atoms with Gasteiger partial charge in [-0.2, -0.15) is 0 Å². The van der Waals surface area contributed by atoms with Crippen molar-refractivity contribution in [2.75, 3.05) is 0 Å². The summed E-state index contributed by atoms with van der Waals surface area (Å²) in [6, 6.07) is 4.38. The van der Waals surface area contributed by atoms with Crippen LogP contribution < -0.4 is 34.7 Å². The zero-order chi connectivity index (χ0) is 7.56. The fourth-order valence-electron chi connectivity index (χ4n) is 0.832. The fourth-order valence-corrected chi connectivity index (χ4v) is 0.832. The number of para-hydroxylation sites is 1. The van der Waals surface area contributed by atoms with E-state index in [1.807, 2.05) is 6.92 Å². The summed E-state index contributed by atoms with van der Waals surface area (Å²) in [5, 5.41) is 10.8. The van der Waals surface area contributed by atoms with Gasteiger partial charge in [-0.05, 0) is 12.5 Å². The number of benzene rings is 1. The van der Waals surface area contributed by atoms with Gasteiger partial charge in [-0.3, -0.25) is 0 Å². The monoisotopic (exact) mass is 162 g/mol. The van der Waals surface area contributed by atoms with Crippen molar-refractivity contribution in [2.24, 2.45) is 0 Å². The predicted octanol–water partition coefficient (Wildman–Crippen LogP) is -1.53. The SMILES string of the molecule is CCc1cccc(F)c1[O-].[Na+]. The second kappa shape index (κ2) is 4.75. The molecule has 54 valence electrons. The summed E-state index contributed by atoms with van der Waals surface area (Å²) in [6.07, 6.45) is 0.594. The van der Waals surface area contributed by atoms with E-state index in [9.17, 15) is 9.50 Å². The molecule has 1 rings (SSSR count). The third-order valence-corrected chi connectivity index (χ3v) is 1.43. The first-order chi connectivity index (χ1) is 4.75. The molecule has 0 aliphatic rings. The molecule has 0 heterocycles. The molecule has 0 amide bonds. The molecule has 11 heavy (non-hydrogen) atoms. The van der Waals surface area contributed by atoms with E-state index in [1.54, 1.807) is 12.1 Å². The Morgan fingerprint density at radius 2 is 2.09 bits per heavy atom. The quantitative estimate of drug-likeness (QED) is 0.459. The van der Waals surface area contributed by atoms with Gasteiger partial charge in [0.2, 0.25) is 0 Å². The first-order valence-corrected chi connectivity index (χ1v) is 3.20. The minimum absolute atomic E-state index is 0. The van der Waals surface area contributed by atoms with Gasteiger partial charge < -0.3 is 5.11 Å². The van der Waals surface area contributed by atoms with Crippen molar-refractivity contribution in [1.82, 2.24) is 0 Å². The van der Waals surface area contributed by atoms with Crippen LogP contribution in [-0.4, -0.2) is 0 Å². The molecule has 0 bridgehead atoms. The summed E-state index contributed by atoms with van der Waals surface area (Å²) in [5.41, 5.74) is 0.542. The summed E-state index contributed by atoms with van der Waals surface area (Å²) >= 11 is 0. The zero-order valence-corrected chi connectivity index (χ0v) is 8.73. The van der Waals surface area contributed by atoms with Crippen molar-refractivity contribution in [1.29, 1.82) is 0 Å². The topological polar surface area (TPSA) is 23.1 Å². The molecule has 0 aliphatic heterocycles. The molecular weight excluding hydrogens is 154 g/mol. The van der Waals surface area contributed by atoms with Crippen LogP contribution in [-0.2, 0) is 6.42 Å². The van der Waals surface area contributed by atoms with Crippen molar-refractivity contribution >= 4 is 0 Å². The standard InChI is InChI=1S/C8H9FO.Na/c1-2-6-4-3-5-7(9)8(6)10;/h3-5,10H,2H2,1H3;/q;+1/p-1. The van der Waals surface area contributed by atoms with Gasteiger partial charge in [0.05, 0.1) is 0 Å². The first kappa shape index (κ1) is 11.0. The van der Waals surface area contributed by atoms with Gasteiger partial charge in [0.25, 0.3) is 0 Å². The summed E-state index contributed by atoms with van der Waals surface area (Å²) in [4.78, 5) is 0. The number of halogens is 1. The van der Waals surface area contributed by atoms with Gasteiger partial charge >= 0.3 is 29.6 Å². The van der Waals surface area contributed by atoms with Gasteiger partial charge in [0.15, 0.2) is 0 Å². The molecule has 0 aliphatic carbocycles. The largest absolute Gasteiger partial charge is 1.00 e. The first-order valence-electron chi connectivity index (χ1n) is 3.20. The van der Waals surface area contributed by atoms with Crippen LogP contribution in [0.3, 0.4) is 0 Å². The van der Waals surface area contributed by atoms with Crippen molar-refractivity contribution < 1.29 is 39.1 Å². The predicted molar refractivity (Wildman–Crippen MR) is 35.2 cm³/mol. The van der Waals surface area contributed by atoms with Crippen LogP contribution in [0.15, 0.2) is 18.2 Å². The Labute approximate surface area is 87.5 Å². The molecule has 0 unspecified atom stereocenters. The number of aryl methyl sites for hydroxylation is 1. The van der Waals surface area contributed by atoms with Crippen LogP contribution in [0.1, 0.15) is 12.5 Å². The van der Waals surface area contributed by atoms with E-state index in [1.165, 1.54) is 6.07 Å². The Bertz CT molecular complexity index is 238.